The van der Waals surface area contributed by atoms with Gasteiger partial charge in [-0.25, -0.2) is 31.2 Å². The first-order valence-electron chi connectivity index (χ1n) is 18.0. The topological polar surface area (TPSA) is 133 Å². The number of carbonyl (C=O) groups is 1. The summed E-state index contributed by atoms with van der Waals surface area (Å²) in [6.07, 6.45) is 9.66. The number of sulfonamides is 1. The molecule has 4 heterocycles. The second kappa shape index (κ2) is 14.6. The largest absolute Gasteiger partial charge is 0.490 e. The molecule has 7 rings (SSSR count). The number of hydrogen-bond acceptors (Lipinski definition) is 9. The maximum absolute atomic E-state index is 14.1. The van der Waals surface area contributed by atoms with Crippen LogP contribution in [0.25, 0.3) is 11.8 Å². The molecule has 2 saturated heterocycles. The van der Waals surface area contributed by atoms with Gasteiger partial charge in [0.25, 0.3) is 0 Å². The van der Waals surface area contributed by atoms with Gasteiger partial charge in [0, 0.05) is 50.3 Å². The standard InChI is InChI=1S/C39H44F2N6O5S/c1-23(2)45-12-10-29(11-13-45)51-35-20-27-18-28(17-26(27)19-30(35)25-8-14-46(15-9-25)53(4,49)50)37(48)31-21-44-47(39(31)42)34-22-43-36(16-24(34)3)52-38-32(40)6-5-7-33(38)41/h5-7,16,18-23,25,29H,8-15,17,42H2,1-4H3. The lowest BCUT2D eigenvalue weighted by atomic mass is 9.87. The van der Waals surface area contributed by atoms with Gasteiger partial charge in [0.2, 0.25) is 21.7 Å². The van der Waals surface area contributed by atoms with Crippen LogP contribution in [0.4, 0.5) is 14.6 Å². The van der Waals surface area contributed by atoms with Crippen LogP contribution in [-0.4, -0.2) is 82.8 Å². The van der Waals surface area contributed by atoms with Gasteiger partial charge in [0.05, 0.1) is 29.9 Å². The Labute approximate surface area is 308 Å². The summed E-state index contributed by atoms with van der Waals surface area (Å²) in [6.45, 7) is 8.99. The van der Waals surface area contributed by atoms with Crippen LogP contribution in [0.15, 0.2) is 54.4 Å². The Morgan fingerprint density at radius 3 is 2.34 bits per heavy atom. The number of pyridine rings is 1. The quantitative estimate of drug-likeness (QED) is 0.182. The Morgan fingerprint density at radius 1 is 1.00 bits per heavy atom. The Kier molecular flexibility index (Phi) is 10.1. The van der Waals surface area contributed by atoms with Crippen LogP contribution in [-0.2, 0) is 16.4 Å². The first-order valence-corrected chi connectivity index (χ1v) is 19.8. The molecule has 280 valence electrons. The Bertz CT molecular complexity index is 2170. The molecule has 1 aliphatic carbocycles. The summed E-state index contributed by atoms with van der Waals surface area (Å²) in [5.74, 6) is -1.48. The number of nitrogens with zero attached hydrogens (tertiary/aromatic N) is 5. The summed E-state index contributed by atoms with van der Waals surface area (Å²) in [5, 5.41) is 4.40. The number of carbonyl (C=O) groups excluding carboxylic acids is 1. The van der Waals surface area contributed by atoms with E-state index >= 15 is 0 Å². The Hall–Kier alpha value is -4.66. The molecule has 0 bridgehead atoms. The van der Waals surface area contributed by atoms with Crippen molar-refractivity contribution in [3.8, 4) is 23.1 Å². The molecule has 4 aromatic rings. The zero-order chi connectivity index (χ0) is 37.6. The molecular weight excluding hydrogens is 703 g/mol. The molecule has 2 N–H and O–H groups in total. The number of nitrogen functional groups attached to an aromatic ring is 1. The van der Waals surface area contributed by atoms with E-state index in [0.29, 0.717) is 55.2 Å². The van der Waals surface area contributed by atoms with Gasteiger partial charge in [-0.1, -0.05) is 12.1 Å². The molecule has 2 fully saturated rings. The van der Waals surface area contributed by atoms with E-state index in [-0.39, 0.29) is 35.1 Å². The fraction of sp³-hybridized carbons (Fsp3) is 0.410. The Balaban J connectivity index is 1.12. The van der Waals surface area contributed by atoms with Gasteiger partial charge in [-0.2, -0.15) is 5.10 Å². The number of fused-ring (bicyclic) bond motifs is 1. The number of para-hydroxylation sites is 1. The molecule has 2 aromatic carbocycles. The van der Waals surface area contributed by atoms with E-state index in [9.17, 15) is 22.0 Å². The van der Waals surface area contributed by atoms with Crippen LogP contribution in [0, 0.1) is 18.6 Å². The maximum atomic E-state index is 14.1. The number of halogens is 2. The first kappa shape index (κ1) is 36.7. The molecule has 0 atom stereocenters. The summed E-state index contributed by atoms with van der Waals surface area (Å²) in [5.41, 5.74) is 11.4. The van der Waals surface area contributed by atoms with Gasteiger partial charge in [0.1, 0.15) is 17.7 Å². The number of likely N-dealkylation sites (tertiary alicyclic amines) is 1. The minimum atomic E-state index is -3.27. The zero-order valence-electron chi connectivity index (χ0n) is 30.3. The highest BCUT2D eigenvalue weighted by molar-refractivity contribution is 7.88. The highest BCUT2D eigenvalue weighted by Gasteiger charge is 2.32. The first-order chi connectivity index (χ1) is 25.3. The summed E-state index contributed by atoms with van der Waals surface area (Å²) >= 11 is 0. The van der Waals surface area contributed by atoms with Crippen LogP contribution in [0.3, 0.4) is 0 Å². The van der Waals surface area contributed by atoms with E-state index in [1.54, 1.807) is 6.92 Å². The number of anilines is 1. The van der Waals surface area contributed by atoms with Gasteiger partial charge in [-0.05, 0) is 98.9 Å². The molecule has 2 aliphatic heterocycles. The smallest absolute Gasteiger partial charge is 0.219 e. The zero-order valence-corrected chi connectivity index (χ0v) is 31.1. The van der Waals surface area contributed by atoms with Crippen molar-refractivity contribution >= 4 is 27.7 Å². The number of aryl methyl sites for hydroxylation is 1. The number of Topliss-reactive ketones (excluding diaryl/α,β-unsaturated/α-hetero) is 1. The van der Waals surface area contributed by atoms with Crippen molar-refractivity contribution < 1.29 is 31.5 Å². The fourth-order valence-electron chi connectivity index (χ4n) is 7.53. The lowest BCUT2D eigenvalue weighted by Gasteiger charge is -2.36. The molecule has 0 radical (unpaired) electrons. The molecule has 2 aromatic heterocycles. The van der Waals surface area contributed by atoms with Gasteiger partial charge in [-0.15, -0.1) is 0 Å². The van der Waals surface area contributed by atoms with Gasteiger partial charge in [0.15, 0.2) is 17.4 Å². The van der Waals surface area contributed by atoms with E-state index < -0.39 is 27.4 Å². The van der Waals surface area contributed by atoms with E-state index in [4.69, 9.17) is 15.2 Å². The number of ketones is 1. The van der Waals surface area contributed by atoms with Crippen LogP contribution < -0.4 is 15.2 Å². The van der Waals surface area contributed by atoms with Crippen molar-refractivity contribution in [3.05, 3.63) is 93.8 Å². The normalized spacial score (nSPS) is 17.6. The van der Waals surface area contributed by atoms with Crippen LogP contribution in [0.2, 0.25) is 0 Å². The number of ether oxygens (including phenoxy) is 2. The van der Waals surface area contributed by atoms with Crippen molar-refractivity contribution in [1.29, 1.82) is 0 Å². The lowest BCUT2D eigenvalue weighted by molar-refractivity contribution is 0.0831. The minimum Gasteiger partial charge on any atom is -0.490 e. The summed E-state index contributed by atoms with van der Waals surface area (Å²) in [4.78, 5) is 20.6. The molecule has 0 spiro atoms. The summed E-state index contributed by atoms with van der Waals surface area (Å²) in [7, 11) is -3.27. The van der Waals surface area contributed by atoms with Gasteiger partial charge >= 0.3 is 0 Å². The predicted molar refractivity (Wildman–Crippen MR) is 198 cm³/mol. The highest BCUT2D eigenvalue weighted by atomic mass is 32.2. The lowest BCUT2D eigenvalue weighted by Crippen LogP contribution is -2.42. The van der Waals surface area contributed by atoms with E-state index in [0.717, 1.165) is 60.5 Å². The van der Waals surface area contributed by atoms with E-state index in [1.165, 1.54) is 39.8 Å². The second-order valence-electron chi connectivity index (χ2n) is 14.5. The van der Waals surface area contributed by atoms with Crippen molar-refractivity contribution in [3.63, 3.8) is 0 Å². The van der Waals surface area contributed by atoms with Crippen LogP contribution in [0.5, 0.6) is 17.4 Å². The number of aromatic nitrogens is 3. The molecule has 0 amide bonds. The summed E-state index contributed by atoms with van der Waals surface area (Å²) < 4.78 is 67.8. The van der Waals surface area contributed by atoms with Crippen molar-refractivity contribution in [2.24, 2.45) is 0 Å². The van der Waals surface area contributed by atoms with Gasteiger partial charge in [-0.3, -0.25) is 4.79 Å². The average molecular weight is 747 g/mol. The maximum Gasteiger partial charge on any atom is 0.219 e. The number of piperidine rings is 2. The fourth-order valence-corrected chi connectivity index (χ4v) is 8.40. The van der Waals surface area contributed by atoms with Crippen LogP contribution in [0.1, 0.15) is 78.1 Å². The van der Waals surface area contributed by atoms with E-state index in [1.807, 2.05) is 12.1 Å². The number of benzene rings is 2. The number of hydrogen-bond donors (Lipinski definition) is 1. The Morgan fingerprint density at radius 2 is 1.70 bits per heavy atom. The average Bonchev–Trinajstić information content (AvgIpc) is 3.72. The number of nitrogens with two attached hydrogens (primary N) is 1. The van der Waals surface area contributed by atoms with Crippen molar-refractivity contribution in [1.82, 2.24) is 24.0 Å². The molecule has 3 aliphatic rings. The molecule has 53 heavy (non-hydrogen) atoms. The number of allylic oxidation sites excluding steroid dienone is 1. The summed E-state index contributed by atoms with van der Waals surface area (Å²) in [6, 6.07) is 9.61. The molecule has 0 unspecified atom stereocenters. The van der Waals surface area contributed by atoms with E-state index in [2.05, 4.69) is 34.9 Å². The third-order valence-corrected chi connectivity index (χ3v) is 11.9. The molecule has 14 heteroatoms. The van der Waals surface area contributed by atoms with Crippen molar-refractivity contribution in [2.45, 2.75) is 70.9 Å². The predicted octanol–water partition coefficient (Wildman–Crippen LogP) is 6.44. The second-order valence-corrected chi connectivity index (χ2v) is 16.4. The number of rotatable bonds is 10. The monoisotopic (exact) mass is 746 g/mol. The molecular formula is C39H44F2N6O5S. The third kappa shape index (κ3) is 7.58. The highest BCUT2D eigenvalue weighted by Crippen LogP contribution is 2.41. The minimum absolute atomic E-state index is 0.0177. The SMILES string of the molecule is Cc1cc(Oc2c(F)cccc2F)ncc1-n1ncc(C(=O)C2=Cc3cc(OC4CCN(C(C)C)CC4)c(C4CCN(S(C)(=O)=O)CC4)cc3C2)c1N. The molecule has 11 nitrogen and oxygen atoms in total. The molecule has 0 saturated carbocycles. The van der Waals surface area contributed by atoms with Crippen molar-refractivity contribution in [2.75, 3.05) is 38.2 Å². The van der Waals surface area contributed by atoms with Crippen LogP contribution >= 0.6 is 0 Å². The van der Waals surface area contributed by atoms with Gasteiger partial charge < -0.3 is 20.1 Å². The third-order valence-electron chi connectivity index (χ3n) is 10.6.